The molecule has 0 spiro atoms. The molecule has 1 N–H and O–H groups in total. The maximum atomic E-state index is 11.9. The Kier molecular flexibility index (Phi) is 5.31. The molecule has 0 unspecified atom stereocenters. The Morgan fingerprint density at radius 3 is 2.55 bits per heavy atom. The summed E-state index contributed by atoms with van der Waals surface area (Å²) in [4.78, 5) is 23.6. The molecule has 0 aromatic heterocycles. The van der Waals surface area contributed by atoms with E-state index in [1.54, 1.807) is 18.2 Å². The van der Waals surface area contributed by atoms with Gasteiger partial charge in [-0.1, -0.05) is 42.0 Å². The summed E-state index contributed by atoms with van der Waals surface area (Å²) in [6.07, 6.45) is 0. The minimum Gasteiger partial charge on any atom is -0.459 e. The fourth-order valence-electron chi connectivity index (χ4n) is 2.02. The van der Waals surface area contributed by atoms with Gasteiger partial charge in [-0.05, 0) is 37.1 Å². The van der Waals surface area contributed by atoms with Gasteiger partial charge in [0.25, 0.3) is 5.91 Å². The molecule has 4 nitrogen and oxygen atoms in total. The van der Waals surface area contributed by atoms with Gasteiger partial charge in [0, 0.05) is 5.56 Å². The number of esters is 1. The smallest absolute Gasteiger partial charge is 0.325 e. The molecule has 2 aromatic carbocycles. The van der Waals surface area contributed by atoms with Crippen molar-refractivity contribution in [2.45, 2.75) is 20.5 Å². The van der Waals surface area contributed by atoms with Gasteiger partial charge in [0.05, 0.1) is 0 Å². The molecule has 0 atom stereocenters. The molecule has 0 radical (unpaired) electrons. The summed E-state index contributed by atoms with van der Waals surface area (Å²) in [5.74, 6) is -0.735. The Bertz CT molecular complexity index is 680. The van der Waals surface area contributed by atoms with Crippen LogP contribution in [0.2, 0.25) is 0 Å². The molecule has 0 aliphatic heterocycles. The first-order valence-corrected chi connectivity index (χ1v) is 7.11. The van der Waals surface area contributed by atoms with E-state index in [0.29, 0.717) is 5.56 Å². The quantitative estimate of drug-likeness (QED) is 0.863. The normalized spacial score (nSPS) is 10.1. The van der Waals surface area contributed by atoms with Crippen molar-refractivity contribution in [3.05, 3.63) is 70.8 Å². The van der Waals surface area contributed by atoms with Gasteiger partial charge < -0.3 is 10.1 Å². The van der Waals surface area contributed by atoms with E-state index in [0.717, 1.165) is 16.7 Å². The second-order valence-corrected chi connectivity index (χ2v) is 5.14. The third-order valence-corrected chi connectivity index (χ3v) is 3.32. The van der Waals surface area contributed by atoms with E-state index in [4.69, 9.17) is 4.74 Å². The Morgan fingerprint density at radius 2 is 1.82 bits per heavy atom. The van der Waals surface area contributed by atoms with Crippen LogP contribution in [-0.4, -0.2) is 18.4 Å². The van der Waals surface area contributed by atoms with Crippen molar-refractivity contribution >= 4 is 11.9 Å². The number of benzene rings is 2. The predicted octanol–water partition coefficient (Wildman–Crippen LogP) is 2.78. The van der Waals surface area contributed by atoms with Crippen molar-refractivity contribution < 1.29 is 14.3 Å². The van der Waals surface area contributed by atoms with Crippen LogP contribution < -0.4 is 5.32 Å². The molecule has 0 aliphatic rings. The molecule has 0 heterocycles. The van der Waals surface area contributed by atoms with Crippen molar-refractivity contribution in [1.82, 2.24) is 5.32 Å². The van der Waals surface area contributed by atoms with Crippen LogP contribution >= 0.6 is 0 Å². The molecule has 2 rings (SSSR count). The fraction of sp³-hybridized carbons (Fsp3) is 0.222. The van der Waals surface area contributed by atoms with Crippen LogP contribution in [0.15, 0.2) is 48.5 Å². The maximum absolute atomic E-state index is 11.9. The lowest BCUT2D eigenvalue weighted by Crippen LogP contribution is -2.30. The standard InChI is InChI=1S/C18H19NO3/c1-13-6-5-9-15(10-13)18(21)19-11-17(20)22-12-16-8-4-3-7-14(16)2/h3-10H,11-12H2,1-2H3,(H,19,21). The van der Waals surface area contributed by atoms with Gasteiger partial charge in [-0.3, -0.25) is 9.59 Å². The van der Waals surface area contributed by atoms with Crippen molar-refractivity contribution in [3.63, 3.8) is 0 Å². The number of amides is 1. The lowest BCUT2D eigenvalue weighted by molar-refractivity contribution is -0.143. The molecule has 2 aromatic rings. The van der Waals surface area contributed by atoms with Gasteiger partial charge in [0.15, 0.2) is 0 Å². The monoisotopic (exact) mass is 297 g/mol. The average molecular weight is 297 g/mol. The lowest BCUT2D eigenvalue weighted by atomic mass is 10.1. The zero-order valence-corrected chi connectivity index (χ0v) is 12.8. The SMILES string of the molecule is Cc1cccc(C(=O)NCC(=O)OCc2ccccc2C)c1. The number of rotatable bonds is 5. The number of aryl methyl sites for hydroxylation is 2. The number of carbonyl (C=O) groups is 2. The topological polar surface area (TPSA) is 55.4 Å². The summed E-state index contributed by atoms with van der Waals surface area (Å²) in [6, 6.07) is 14.9. The van der Waals surface area contributed by atoms with Gasteiger partial charge in [0.1, 0.15) is 13.2 Å². The summed E-state index contributed by atoms with van der Waals surface area (Å²) in [5.41, 5.74) is 3.56. The van der Waals surface area contributed by atoms with Crippen LogP contribution in [0.3, 0.4) is 0 Å². The van der Waals surface area contributed by atoms with Crippen LogP contribution in [0.25, 0.3) is 0 Å². The molecule has 0 fully saturated rings. The van der Waals surface area contributed by atoms with Crippen molar-refractivity contribution in [2.75, 3.05) is 6.54 Å². The van der Waals surface area contributed by atoms with Crippen LogP contribution in [0, 0.1) is 13.8 Å². The van der Waals surface area contributed by atoms with Crippen LogP contribution in [0.4, 0.5) is 0 Å². The highest BCUT2D eigenvalue weighted by Gasteiger charge is 2.09. The summed E-state index contributed by atoms with van der Waals surface area (Å²) in [6.45, 7) is 3.94. The van der Waals surface area contributed by atoms with Gasteiger partial charge in [-0.25, -0.2) is 0 Å². The Labute approximate surface area is 130 Å². The fourth-order valence-corrected chi connectivity index (χ4v) is 2.02. The summed E-state index contributed by atoms with van der Waals surface area (Å²) < 4.78 is 5.17. The maximum Gasteiger partial charge on any atom is 0.325 e. The van der Waals surface area contributed by atoms with Gasteiger partial charge in [0.2, 0.25) is 0 Å². The Balaban J connectivity index is 1.81. The van der Waals surface area contributed by atoms with Gasteiger partial charge in [-0.15, -0.1) is 0 Å². The molecule has 1 amide bonds. The average Bonchev–Trinajstić information content (AvgIpc) is 2.52. The molecule has 114 valence electrons. The first kappa shape index (κ1) is 15.8. The Morgan fingerprint density at radius 1 is 1.05 bits per heavy atom. The van der Waals surface area contributed by atoms with Crippen LogP contribution in [0.1, 0.15) is 27.0 Å². The first-order chi connectivity index (χ1) is 10.6. The third kappa shape index (κ3) is 4.45. The van der Waals surface area contributed by atoms with E-state index in [9.17, 15) is 9.59 Å². The van der Waals surface area contributed by atoms with Crippen molar-refractivity contribution in [2.24, 2.45) is 0 Å². The minimum absolute atomic E-state index is 0.140. The van der Waals surface area contributed by atoms with Gasteiger partial charge >= 0.3 is 5.97 Å². The van der Waals surface area contributed by atoms with Gasteiger partial charge in [-0.2, -0.15) is 0 Å². The molecule has 0 saturated carbocycles. The number of hydrogen-bond donors (Lipinski definition) is 1. The zero-order valence-electron chi connectivity index (χ0n) is 12.8. The highest BCUT2D eigenvalue weighted by Crippen LogP contribution is 2.08. The van der Waals surface area contributed by atoms with Crippen LogP contribution in [-0.2, 0) is 16.1 Å². The largest absolute Gasteiger partial charge is 0.459 e. The van der Waals surface area contributed by atoms with E-state index in [1.807, 2.05) is 44.2 Å². The van der Waals surface area contributed by atoms with E-state index in [1.165, 1.54) is 0 Å². The summed E-state index contributed by atoms with van der Waals surface area (Å²) in [5, 5.41) is 2.56. The second-order valence-electron chi connectivity index (χ2n) is 5.14. The lowest BCUT2D eigenvalue weighted by Gasteiger charge is -2.08. The summed E-state index contributed by atoms with van der Waals surface area (Å²) >= 11 is 0. The zero-order chi connectivity index (χ0) is 15.9. The molecule has 4 heteroatoms. The molecular weight excluding hydrogens is 278 g/mol. The Hall–Kier alpha value is -2.62. The second kappa shape index (κ2) is 7.41. The number of nitrogens with one attached hydrogen (secondary N) is 1. The molecule has 0 bridgehead atoms. The predicted molar refractivity (Wildman–Crippen MR) is 84.5 cm³/mol. The molecular formula is C18H19NO3. The van der Waals surface area contributed by atoms with Crippen molar-refractivity contribution in [3.8, 4) is 0 Å². The highest BCUT2D eigenvalue weighted by molar-refractivity contribution is 5.96. The highest BCUT2D eigenvalue weighted by atomic mass is 16.5. The van der Waals surface area contributed by atoms with Crippen molar-refractivity contribution in [1.29, 1.82) is 0 Å². The number of hydrogen-bond acceptors (Lipinski definition) is 3. The minimum atomic E-state index is -0.454. The van der Waals surface area contributed by atoms with E-state index < -0.39 is 5.97 Å². The van der Waals surface area contributed by atoms with Crippen LogP contribution in [0.5, 0.6) is 0 Å². The molecule has 0 saturated heterocycles. The first-order valence-electron chi connectivity index (χ1n) is 7.11. The number of ether oxygens (including phenoxy) is 1. The third-order valence-electron chi connectivity index (χ3n) is 3.32. The van der Waals surface area contributed by atoms with E-state index in [2.05, 4.69) is 5.32 Å². The molecule has 0 aliphatic carbocycles. The molecule has 22 heavy (non-hydrogen) atoms. The number of carbonyl (C=O) groups excluding carboxylic acids is 2. The van der Waals surface area contributed by atoms with E-state index in [-0.39, 0.29) is 19.1 Å². The summed E-state index contributed by atoms with van der Waals surface area (Å²) in [7, 11) is 0. The van der Waals surface area contributed by atoms with E-state index >= 15 is 0 Å².